The predicted molar refractivity (Wildman–Crippen MR) is 104 cm³/mol. The van der Waals surface area contributed by atoms with E-state index in [2.05, 4.69) is 10.0 Å². The number of aryl methyl sites for hydroxylation is 2. The lowest BCUT2D eigenvalue weighted by atomic mass is 9.92. The number of nitrogens with zero attached hydrogens (tertiary/aromatic N) is 1. The van der Waals surface area contributed by atoms with Crippen LogP contribution in [0.2, 0.25) is 0 Å². The Bertz CT molecular complexity index is 716. The summed E-state index contributed by atoms with van der Waals surface area (Å²) in [7, 11) is -3.56. The molecule has 0 saturated carbocycles. The Morgan fingerprint density at radius 1 is 1.08 bits per heavy atom. The van der Waals surface area contributed by atoms with Gasteiger partial charge >= 0.3 is 0 Å². The van der Waals surface area contributed by atoms with Crippen molar-refractivity contribution in [3.8, 4) is 0 Å². The van der Waals surface area contributed by atoms with Gasteiger partial charge in [0, 0.05) is 32.6 Å². The van der Waals surface area contributed by atoms with Crippen molar-refractivity contribution in [2.45, 2.75) is 43.4 Å². The average Bonchev–Trinajstić information content (AvgIpc) is 2.90. The largest absolute Gasteiger partial charge is 0.341 e. The Balaban J connectivity index is 0.00000243. The van der Waals surface area contributed by atoms with Crippen LogP contribution in [-0.4, -0.2) is 51.9 Å². The Labute approximate surface area is 162 Å². The molecule has 26 heavy (non-hydrogen) atoms. The molecule has 1 heterocycles. The van der Waals surface area contributed by atoms with Gasteiger partial charge in [-0.25, -0.2) is 13.1 Å². The molecule has 8 heteroatoms. The van der Waals surface area contributed by atoms with Gasteiger partial charge in [0.15, 0.2) is 0 Å². The normalized spacial score (nSPS) is 17.8. The van der Waals surface area contributed by atoms with Crippen LogP contribution in [0.4, 0.5) is 0 Å². The fraction of sp³-hybridized carbons (Fsp3) is 0.611. The Hall–Kier alpha value is -1.15. The van der Waals surface area contributed by atoms with E-state index >= 15 is 0 Å². The molecule has 1 aromatic rings. The van der Waals surface area contributed by atoms with Gasteiger partial charge < -0.3 is 10.2 Å². The van der Waals surface area contributed by atoms with Gasteiger partial charge in [-0.1, -0.05) is 6.07 Å². The van der Waals surface area contributed by atoms with E-state index in [9.17, 15) is 13.2 Å². The highest BCUT2D eigenvalue weighted by Gasteiger charge is 2.19. The van der Waals surface area contributed by atoms with Crippen LogP contribution in [0.5, 0.6) is 0 Å². The summed E-state index contributed by atoms with van der Waals surface area (Å²) in [6.07, 6.45) is 5.40. The summed E-state index contributed by atoms with van der Waals surface area (Å²) in [6.45, 7) is 3.29. The summed E-state index contributed by atoms with van der Waals surface area (Å²) in [5.41, 5.74) is 2.40. The molecule has 1 aliphatic carbocycles. The fourth-order valence-electron chi connectivity index (χ4n) is 3.51. The first-order chi connectivity index (χ1) is 12.1. The number of amides is 1. The van der Waals surface area contributed by atoms with Gasteiger partial charge in [-0.3, -0.25) is 4.79 Å². The second-order valence-electron chi connectivity index (χ2n) is 6.77. The third kappa shape index (κ3) is 5.42. The summed E-state index contributed by atoms with van der Waals surface area (Å²) in [4.78, 5) is 14.3. The van der Waals surface area contributed by atoms with Crippen LogP contribution in [-0.2, 0) is 27.7 Å². The van der Waals surface area contributed by atoms with Crippen LogP contribution >= 0.6 is 12.4 Å². The average molecular weight is 402 g/mol. The predicted octanol–water partition coefficient (Wildman–Crippen LogP) is 1.48. The molecule has 0 radical (unpaired) electrons. The minimum Gasteiger partial charge on any atom is -0.341 e. The molecule has 1 fully saturated rings. The molecular formula is C18H28ClN3O3S. The highest BCUT2D eigenvalue weighted by Crippen LogP contribution is 2.24. The van der Waals surface area contributed by atoms with E-state index in [1.807, 2.05) is 11.0 Å². The summed E-state index contributed by atoms with van der Waals surface area (Å²) >= 11 is 0. The molecule has 6 nitrogen and oxygen atoms in total. The van der Waals surface area contributed by atoms with Gasteiger partial charge in [0.2, 0.25) is 15.9 Å². The number of fused-ring (bicyclic) bond motifs is 1. The van der Waals surface area contributed by atoms with E-state index in [0.717, 1.165) is 50.9 Å². The minimum atomic E-state index is -3.56. The lowest BCUT2D eigenvalue weighted by Gasteiger charge is -2.20. The highest BCUT2D eigenvalue weighted by atomic mass is 35.5. The van der Waals surface area contributed by atoms with E-state index in [1.165, 1.54) is 12.0 Å². The molecule has 1 saturated heterocycles. The van der Waals surface area contributed by atoms with Crippen molar-refractivity contribution in [2.75, 3.05) is 32.7 Å². The molecule has 0 spiro atoms. The lowest BCUT2D eigenvalue weighted by molar-refractivity contribution is -0.130. The van der Waals surface area contributed by atoms with Crippen molar-refractivity contribution >= 4 is 28.3 Å². The minimum absolute atomic E-state index is 0. The summed E-state index contributed by atoms with van der Waals surface area (Å²) < 4.78 is 27.5. The zero-order chi connectivity index (χ0) is 17.7. The Morgan fingerprint density at radius 3 is 2.65 bits per heavy atom. The van der Waals surface area contributed by atoms with E-state index in [0.29, 0.717) is 11.4 Å². The van der Waals surface area contributed by atoms with Gasteiger partial charge in [-0.05, 0) is 61.9 Å². The maximum Gasteiger partial charge on any atom is 0.240 e. The molecular weight excluding hydrogens is 374 g/mol. The SMILES string of the molecule is Cl.O=C(CCNS(=O)(=O)c1ccc2c(c1)CCCC2)N1CCCNCC1. The molecule has 0 bridgehead atoms. The van der Waals surface area contributed by atoms with E-state index < -0.39 is 10.0 Å². The van der Waals surface area contributed by atoms with Crippen molar-refractivity contribution in [3.63, 3.8) is 0 Å². The number of carbonyl (C=O) groups excluding carboxylic acids is 1. The molecule has 1 aliphatic heterocycles. The summed E-state index contributed by atoms with van der Waals surface area (Å²) in [5, 5.41) is 3.25. The van der Waals surface area contributed by atoms with Crippen LogP contribution in [0.3, 0.4) is 0 Å². The van der Waals surface area contributed by atoms with Crippen LogP contribution in [0.1, 0.15) is 36.8 Å². The van der Waals surface area contributed by atoms with Crippen molar-refractivity contribution in [1.82, 2.24) is 14.9 Å². The molecule has 1 amide bonds. The number of benzene rings is 1. The van der Waals surface area contributed by atoms with E-state index in [4.69, 9.17) is 0 Å². The van der Waals surface area contributed by atoms with Gasteiger partial charge in [-0.15, -0.1) is 12.4 Å². The second-order valence-corrected chi connectivity index (χ2v) is 8.54. The van der Waals surface area contributed by atoms with Crippen LogP contribution < -0.4 is 10.0 Å². The fourth-order valence-corrected chi connectivity index (χ4v) is 4.59. The molecule has 146 valence electrons. The standard InChI is InChI=1S/C18H27N3O3S.ClH/c22-18(21-12-3-9-19-11-13-21)8-10-20-25(23,24)17-7-6-15-4-1-2-5-16(15)14-17;/h6-7,14,19-20H,1-5,8-13H2;1H. The second kappa shape index (κ2) is 9.69. The third-order valence-corrected chi connectivity index (χ3v) is 6.41. The smallest absolute Gasteiger partial charge is 0.240 e. The van der Waals surface area contributed by atoms with Crippen molar-refractivity contribution in [3.05, 3.63) is 29.3 Å². The topological polar surface area (TPSA) is 78.5 Å². The molecule has 2 N–H and O–H groups in total. The number of hydrogen-bond donors (Lipinski definition) is 2. The lowest BCUT2D eigenvalue weighted by Crippen LogP contribution is -2.36. The summed E-state index contributed by atoms with van der Waals surface area (Å²) in [6, 6.07) is 5.40. The van der Waals surface area contributed by atoms with E-state index in [-0.39, 0.29) is 31.3 Å². The van der Waals surface area contributed by atoms with Gasteiger partial charge in [0.1, 0.15) is 0 Å². The van der Waals surface area contributed by atoms with Gasteiger partial charge in [0.25, 0.3) is 0 Å². The zero-order valence-electron chi connectivity index (χ0n) is 15.0. The van der Waals surface area contributed by atoms with E-state index in [1.54, 1.807) is 12.1 Å². The molecule has 3 rings (SSSR count). The number of carbonyl (C=O) groups is 1. The first-order valence-electron chi connectivity index (χ1n) is 9.16. The number of sulfonamides is 1. The monoisotopic (exact) mass is 401 g/mol. The van der Waals surface area contributed by atoms with Crippen LogP contribution in [0.25, 0.3) is 0 Å². The number of hydrogen-bond acceptors (Lipinski definition) is 4. The molecule has 0 aromatic heterocycles. The Kier molecular flexibility index (Phi) is 7.88. The molecule has 0 unspecified atom stereocenters. The number of rotatable bonds is 5. The summed E-state index contributed by atoms with van der Waals surface area (Å²) in [5.74, 6) is 0.0110. The number of nitrogens with one attached hydrogen (secondary N) is 2. The van der Waals surface area contributed by atoms with Crippen LogP contribution in [0, 0.1) is 0 Å². The van der Waals surface area contributed by atoms with Crippen molar-refractivity contribution in [2.24, 2.45) is 0 Å². The maximum atomic E-state index is 12.5. The third-order valence-electron chi connectivity index (χ3n) is 4.95. The molecule has 1 aromatic carbocycles. The Morgan fingerprint density at radius 2 is 1.85 bits per heavy atom. The van der Waals surface area contributed by atoms with Crippen molar-refractivity contribution in [1.29, 1.82) is 0 Å². The zero-order valence-corrected chi connectivity index (χ0v) is 16.6. The highest BCUT2D eigenvalue weighted by molar-refractivity contribution is 7.89. The molecule has 2 aliphatic rings. The quantitative estimate of drug-likeness (QED) is 0.783. The van der Waals surface area contributed by atoms with Crippen molar-refractivity contribution < 1.29 is 13.2 Å². The first-order valence-corrected chi connectivity index (χ1v) is 10.6. The van der Waals surface area contributed by atoms with Crippen LogP contribution in [0.15, 0.2) is 23.1 Å². The van der Waals surface area contributed by atoms with Gasteiger partial charge in [0.05, 0.1) is 4.90 Å². The number of halogens is 1. The van der Waals surface area contributed by atoms with Gasteiger partial charge in [-0.2, -0.15) is 0 Å². The first kappa shape index (κ1) is 21.2. The maximum absolute atomic E-state index is 12.5. The molecule has 0 atom stereocenters.